The zero-order valence-electron chi connectivity index (χ0n) is 16.8. The number of rotatable bonds is 6. The molecule has 2 heterocycles. The fourth-order valence-corrected chi connectivity index (χ4v) is 4.55. The fourth-order valence-electron chi connectivity index (χ4n) is 3.78. The van der Waals surface area contributed by atoms with Crippen LogP contribution in [-0.4, -0.2) is 53.2 Å². The number of sulfonamides is 1. The summed E-state index contributed by atoms with van der Waals surface area (Å²) in [6.07, 6.45) is 1.53. The molecular formula is C21H22FN5O3S. The van der Waals surface area contributed by atoms with Crippen LogP contribution in [0.4, 0.5) is 4.39 Å². The molecule has 4 rings (SSSR count). The third-order valence-corrected chi connectivity index (χ3v) is 5.88. The predicted octanol–water partition coefficient (Wildman–Crippen LogP) is 2.04. The maximum Gasteiger partial charge on any atom is 0.227 e. The summed E-state index contributed by atoms with van der Waals surface area (Å²) in [5.41, 5.74) is 1.50. The Balaban J connectivity index is 1.58. The van der Waals surface area contributed by atoms with Crippen molar-refractivity contribution in [3.8, 4) is 11.4 Å². The van der Waals surface area contributed by atoms with E-state index in [1.54, 1.807) is 17.0 Å². The first-order valence-corrected chi connectivity index (χ1v) is 11.7. The molecule has 10 heteroatoms. The van der Waals surface area contributed by atoms with Gasteiger partial charge >= 0.3 is 0 Å². The topological polar surface area (TPSA) is 108 Å². The molecule has 1 aromatic heterocycles. The Bertz CT molecular complexity index is 1170. The monoisotopic (exact) mass is 443 g/mol. The Labute approximate surface area is 179 Å². The zero-order valence-corrected chi connectivity index (χ0v) is 17.6. The van der Waals surface area contributed by atoms with E-state index in [2.05, 4.69) is 19.9 Å². The van der Waals surface area contributed by atoms with Gasteiger partial charge in [0.2, 0.25) is 15.9 Å². The van der Waals surface area contributed by atoms with Gasteiger partial charge in [-0.05, 0) is 24.1 Å². The summed E-state index contributed by atoms with van der Waals surface area (Å²) >= 11 is 0. The minimum Gasteiger partial charge on any atom is -0.331 e. The standard InChI is InChI=1S/C21H22FN5O3S/c1-31(29,30)26-17-12-18(21-23-20(24-25-21)15-5-3-2-4-6-15)27(13-17)19(28)11-14-7-9-16(22)10-8-14/h2-10,17-18,26H,11-13H2,1H3,(H,23,24,25)/t17-,18-/m0/s1. The van der Waals surface area contributed by atoms with Gasteiger partial charge in [0.25, 0.3) is 0 Å². The summed E-state index contributed by atoms with van der Waals surface area (Å²) in [7, 11) is -3.44. The Morgan fingerprint density at radius 2 is 1.90 bits per heavy atom. The largest absolute Gasteiger partial charge is 0.331 e. The van der Waals surface area contributed by atoms with Crippen LogP contribution in [-0.2, 0) is 21.2 Å². The number of aromatic nitrogens is 3. The number of nitrogens with zero attached hydrogens (tertiary/aromatic N) is 3. The van der Waals surface area contributed by atoms with Crippen LogP contribution in [0, 0.1) is 5.82 Å². The predicted molar refractivity (Wildman–Crippen MR) is 113 cm³/mol. The van der Waals surface area contributed by atoms with Crippen molar-refractivity contribution in [1.29, 1.82) is 0 Å². The van der Waals surface area contributed by atoms with Crippen LogP contribution in [0.25, 0.3) is 11.4 Å². The number of nitrogens with one attached hydrogen (secondary N) is 2. The molecule has 2 aromatic carbocycles. The van der Waals surface area contributed by atoms with Gasteiger partial charge in [-0.15, -0.1) is 0 Å². The van der Waals surface area contributed by atoms with Crippen molar-refractivity contribution >= 4 is 15.9 Å². The molecule has 8 nitrogen and oxygen atoms in total. The van der Waals surface area contributed by atoms with Crippen LogP contribution in [0.5, 0.6) is 0 Å². The van der Waals surface area contributed by atoms with E-state index in [4.69, 9.17) is 0 Å². The lowest BCUT2D eigenvalue weighted by molar-refractivity contribution is -0.131. The Morgan fingerprint density at radius 3 is 2.58 bits per heavy atom. The van der Waals surface area contributed by atoms with Gasteiger partial charge in [0, 0.05) is 18.2 Å². The number of H-pyrrole nitrogens is 1. The van der Waals surface area contributed by atoms with Crippen molar-refractivity contribution < 1.29 is 17.6 Å². The molecule has 0 spiro atoms. The third kappa shape index (κ3) is 5.15. The van der Waals surface area contributed by atoms with Gasteiger partial charge in [0.05, 0.1) is 18.7 Å². The second-order valence-electron chi connectivity index (χ2n) is 7.60. The van der Waals surface area contributed by atoms with E-state index < -0.39 is 22.1 Å². The van der Waals surface area contributed by atoms with Gasteiger partial charge in [-0.2, -0.15) is 5.10 Å². The summed E-state index contributed by atoms with van der Waals surface area (Å²) in [5.74, 6) is 0.417. The van der Waals surface area contributed by atoms with E-state index in [9.17, 15) is 17.6 Å². The van der Waals surface area contributed by atoms with E-state index in [0.29, 0.717) is 23.6 Å². The van der Waals surface area contributed by atoms with Gasteiger partial charge in [-0.3, -0.25) is 9.89 Å². The quantitative estimate of drug-likeness (QED) is 0.606. The summed E-state index contributed by atoms with van der Waals surface area (Å²) < 4.78 is 39.2. The minimum absolute atomic E-state index is 0.0715. The van der Waals surface area contributed by atoms with E-state index in [1.165, 1.54) is 12.1 Å². The van der Waals surface area contributed by atoms with E-state index in [0.717, 1.165) is 11.8 Å². The average molecular weight is 444 g/mol. The number of likely N-dealkylation sites (tertiary alicyclic amines) is 1. The molecule has 0 aliphatic carbocycles. The van der Waals surface area contributed by atoms with Gasteiger partial charge in [0.1, 0.15) is 11.6 Å². The van der Waals surface area contributed by atoms with Crippen molar-refractivity contribution in [3.63, 3.8) is 0 Å². The van der Waals surface area contributed by atoms with Crippen LogP contribution in [0.15, 0.2) is 54.6 Å². The highest BCUT2D eigenvalue weighted by Crippen LogP contribution is 2.32. The van der Waals surface area contributed by atoms with Crippen molar-refractivity contribution in [2.24, 2.45) is 0 Å². The zero-order chi connectivity index (χ0) is 22.0. The number of aromatic amines is 1. The summed E-state index contributed by atoms with van der Waals surface area (Å²) in [4.78, 5) is 19.2. The molecule has 2 atom stereocenters. The van der Waals surface area contributed by atoms with Gasteiger partial charge in [-0.1, -0.05) is 42.5 Å². The molecule has 0 saturated carbocycles. The molecule has 1 aliphatic rings. The lowest BCUT2D eigenvalue weighted by atomic mass is 10.1. The Morgan fingerprint density at radius 1 is 1.19 bits per heavy atom. The number of amides is 1. The fraction of sp³-hybridized carbons (Fsp3) is 0.286. The second kappa shape index (κ2) is 8.56. The number of hydrogen-bond donors (Lipinski definition) is 2. The lowest BCUT2D eigenvalue weighted by Crippen LogP contribution is -2.38. The van der Waals surface area contributed by atoms with Gasteiger partial charge in [0.15, 0.2) is 5.82 Å². The smallest absolute Gasteiger partial charge is 0.227 e. The minimum atomic E-state index is -3.44. The molecular weight excluding hydrogens is 421 g/mol. The normalized spacial score (nSPS) is 19.0. The van der Waals surface area contributed by atoms with Crippen molar-refractivity contribution in [2.75, 3.05) is 12.8 Å². The van der Waals surface area contributed by atoms with Crippen LogP contribution in [0.2, 0.25) is 0 Å². The first kappa shape index (κ1) is 21.1. The lowest BCUT2D eigenvalue weighted by Gasteiger charge is -2.23. The maximum atomic E-state index is 13.2. The third-order valence-electron chi connectivity index (χ3n) is 5.12. The van der Waals surface area contributed by atoms with Crippen molar-refractivity contribution in [3.05, 3.63) is 71.8 Å². The highest BCUT2D eigenvalue weighted by molar-refractivity contribution is 7.88. The van der Waals surface area contributed by atoms with Crippen LogP contribution >= 0.6 is 0 Å². The first-order valence-electron chi connectivity index (χ1n) is 9.77. The Hall–Kier alpha value is -3.11. The SMILES string of the molecule is CS(=O)(=O)N[C@H]1C[C@@H](c2nc(-c3ccccc3)n[nH]2)N(C(=O)Cc2ccc(F)cc2)C1. The summed E-state index contributed by atoms with van der Waals surface area (Å²) in [6, 6.07) is 14.3. The summed E-state index contributed by atoms with van der Waals surface area (Å²) in [6.45, 7) is 0.207. The van der Waals surface area contributed by atoms with Crippen LogP contribution < -0.4 is 4.72 Å². The number of carbonyl (C=O) groups is 1. The van der Waals surface area contributed by atoms with Crippen molar-refractivity contribution in [2.45, 2.75) is 24.9 Å². The summed E-state index contributed by atoms with van der Waals surface area (Å²) in [5, 5.41) is 7.17. The second-order valence-corrected chi connectivity index (χ2v) is 9.38. The molecule has 1 amide bonds. The molecule has 3 aromatic rings. The van der Waals surface area contributed by atoms with Crippen LogP contribution in [0.1, 0.15) is 23.9 Å². The molecule has 0 radical (unpaired) electrons. The molecule has 1 fully saturated rings. The average Bonchev–Trinajstić information content (AvgIpc) is 3.36. The molecule has 0 bridgehead atoms. The highest BCUT2D eigenvalue weighted by atomic mass is 32.2. The molecule has 1 aliphatic heterocycles. The molecule has 1 saturated heterocycles. The number of halogens is 1. The van der Waals surface area contributed by atoms with Gasteiger partial charge in [-0.25, -0.2) is 22.5 Å². The van der Waals surface area contributed by atoms with Crippen molar-refractivity contribution in [1.82, 2.24) is 24.8 Å². The Kier molecular flexibility index (Phi) is 5.84. The van der Waals surface area contributed by atoms with E-state index in [1.807, 2.05) is 30.3 Å². The first-order chi connectivity index (χ1) is 14.8. The number of carbonyl (C=O) groups excluding carboxylic acids is 1. The number of benzene rings is 2. The van der Waals surface area contributed by atoms with Gasteiger partial charge < -0.3 is 4.90 Å². The molecule has 162 valence electrons. The van der Waals surface area contributed by atoms with Crippen LogP contribution in [0.3, 0.4) is 0 Å². The highest BCUT2D eigenvalue weighted by Gasteiger charge is 2.39. The van der Waals surface area contributed by atoms with E-state index >= 15 is 0 Å². The molecule has 2 N–H and O–H groups in total. The molecule has 0 unspecified atom stereocenters. The van der Waals surface area contributed by atoms with E-state index in [-0.39, 0.29) is 24.7 Å². The molecule has 31 heavy (non-hydrogen) atoms. The number of hydrogen-bond acceptors (Lipinski definition) is 5. The maximum absolute atomic E-state index is 13.2.